The summed E-state index contributed by atoms with van der Waals surface area (Å²) in [7, 11) is 0. The van der Waals surface area contributed by atoms with Crippen LogP contribution in [0.5, 0.6) is 0 Å². The third-order valence-corrected chi connectivity index (χ3v) is 15.7. The molecule has 0 amide bonds. The molecule has 1 nitrogen and oxygen atoms in total. The average molecular weight is 900 g/mol. The van der Waals surface area contributed by atoms with E-state index in [1.807, 2.05) is 0 Å². The van der Waals surface area contributed by atoms with Crippen LogP contribution in [0, 0.1) is 0 Å². The molecule has 0 saturated heterocycles. The Hall–Kier alpha value is -9.04. The molecule has 71 heavy (non-hydrogen) atoms. The highest BCUT2D eigenvalue weighted by atomic mass is 15.1. The Morgan fingerprint density at radius 1 is 0.296 bits per heavy atom. The molecule has 1 aliphatic carbocycles. The van der Waals surface area contributed by atoms with Crippen molar-refractivity contribution >= 4 is 114 Å². The van der Waals surface area contributed by atoms with Crippen molar-refractivity contribution in [3.8, 4) is 0 Å². The molecule has 0 radical (unpaired) electrons. The number of fused-ring (bicyclic) bond motifs is 11. The van der Waals surface area contributed by atoms with Crippen molar-refractivity contribution < 1.29 is 0 Å². The summed E-state index contributed by atoms with van der Waals surface area (Å²) in [6.45, 7) is 0. The van der Waals surface area contributed by atoms with Crippen LogP contribution in [0.2, 0.25) is 0 Å². The average Bonchev–Trinajstić information content (AvgIpc) is 3.45. The molecule has 0 aromatic heterocycles. The standard InChI is InChI=1S/C70H45N/c1-4-19-44(20-5-1)61-43-62(45-21-6-2-7-22-45)69-54-32-15-13-30-52(54)63-42-49(37-38-59(63)70(69)67(61)47-23-8-3-9-24-47)71(65-41-48-25-10-11-28-50(48)51-29-12-14-31-53(51)65)64-40-39-58-56-34-17-27-46-26-16-33-55(66(46)56)57-35-18-36-60(64)68(57)58/h1-42,61H,43H2. The highest BCUT2D eigenvalue weighted by Crippen LogP contribution is 2.49. The topological polar surface area (TPSA) is 3.24 Å². The molecule has 0 N–H and O–H groups in total. The first kappa shape index (κ1) is 39.9. The van der Waals surface area contributed by atoms with Crippen LogP contribution in [0.25, 0.3) is 97.3 Å². The molecule has 0 saturated carbocycles. The maximum Gasteiger partial charge on any atom is 0.0546 e. The Labute approximate surface area is 411 Å². The summed E-state index contributed by atoms with van der Waals surface area (Å²) < 4.78 is 0. The molecule has 0 heterocycles. The predicted octanol–water partition coefficient (Wildman–Crippen LogP) is 17.4. The second kappa shape index (κ2) is 15.8. The van der Waals surface area contributed by atoms with Crippen LogP contribution in [0.4, 0.5) is 17.1 Å². The summed E-state index contributed by atoms with van der Waals surface area (Å²) in [6, 6.07) is 95.6. The first-order valence-corrected chi connectivity index (χ1v) is 24.9. The van der Waals surface area contributed by atoms with E-state index >= 15 is 0 Å². The summed E-state index contributed by atoms with van der Waals surface area (Å²) in [4.78, 5) is 2.57. The molecule has 330 valence electrons. The van der Waals surface area contributed by atoms with E-state index in [2.05, 4.69) is 260 Å². The zero-order valence-electron chi connectivity index (χ0n) is 39.0. The fourth-order valence-corrected chi connectivity index (χ4v) is 12.8. The van der Waals surface area contributed by atoms with Crippen molar-refractivity contribution in [1.82, 2.24) is 0 Å². The summed E-state index contributed by atoms with van der Waals surface area (Å²) in [6.07, 6.45) is 0.895. The van der Waals surface area contributed by atoms with E-state index in [1.165, 1.54) is 124 Å². The van der Waals surface area contributed by atoms with Crippen LogP contribution >= 0.6 is 0 Å². The van der Waals surface area contributed by atoms with Crippen LogP contribution in [0.1, 0.15) is 29.0 Å². The summed E-state index contributed by atoms with van der Waals surface area (Å²) in [5.41, 5.74) is 10.1. The number of benzene rings is 14. The molecule has 0 spiro atoms. The lowest BCUT2D eigenvalue weighted by atomic mass is 9.74. The molecule has 14 aromatic rings. The molecule has 1 heteroatoms. The van der Waals surface area contributed by atoms with Gasteiger partial charge in [-0.2, -0.15) is 0 Å². The van der Waals surface area contributed by atoms with Gasteiger partial charge in [0.1, 0.15) is 0 Å². The number of anilines is 3. The molecule has 1 unspecified atom stereocenters. The van der Waals surface area contributed by atoms with Crippen LogP contribution < -0.4 is 15.3 Å². The van der Waals surface area contributed by atoms with Gasteiger partial charge >= 0.3 is 0 Å². The Balaban J connectivity index is 1.11. The van der Waals surface area contributed by atoms with Gasteiger partial charge < -0.3 is 4.90 Å². The van der Waals surface area contributed by atoms with E-state index in [0.29, 0.717) is 0 Å². The quantitative estimate of drug-likeness (QED) is 0.119. The number of hydrogen-bond donors (Lipinski definition) is 0. The van der Waals surface area contributed by atoms with Gasteiger partial charge in [0.2, 0.25) is 0 Å². The third-order valence-electron chi connectivity index (χ3n) is 15.7. The molecule has 15 rings (SSSR count). The molecule has 0 bridgehead atoms. The number of rotatable bonds is 6. The van der Waals surface area contributed by atoms with Crippen molar-refractivity contribution in [3.05, 3.63) is 282 Å². The minimum Gasteiger partial charge on any atom is -0.309 e. The Morgan fingerprint density at radius 3 is 1.54 bits per heavy atom. The Kier molecular flexibility index (Phi) is 8.85. The minimum atomic E-state index is 0.138. The lowest BCUT2D eigenvalue weighted by Gasteiger charge is -2.31. The SMILES string of the molecule is c1ccc(C2=c3c(c4ccc(N(c5cc6ccccc6c6ccccc56)c5ccc6c7cccc8cccc(c9cccc5c96)c87)cc4c4ccccc34)=C(c3ccccc3)C(c3ccccc3)C2)cc1. The van der Waals surface area contributed by atoms with Crippen LogP contribution in [0.15, 0.2) is 255 Å². The Bertz CT molecular complexity index is 4540. The van der Waals surface area contributed by atoms with Crippen LogP contribution in [-0.2, 0) is 0 Å². The Morgan fingerprint density at radius 2 is 0.803 bits per heavy atom. The molecule has 0 aliphatic heterocycles. The van der Waals surface area contributed by atoms with Gasteiger partial charge in [-0.25, -0.2) is 0 Å². The molecular formula is C70H45N. The fraction of sp³-hybridized carbons (Fsp3) is 0.0286. The van der Waals surface area contributed by atoms with Gasteiger partial charge in [0.15, 0.2) is 0 Å². The van der Waals surface area contributed by atoms with Gasteiger partial charge in [-0.3, -0.25) is 0 Å². The van der Waals surface area contributed by atoms with E-state index in [-0.39, 0.29) is 5.92 Å². The van der Waals surface area contributed by atoms with Crippen molar-refractivity contribution in [3.63, 3.8) is 0 Å². The molecule has 1 aliphatic rings. The monoisotopic (exact) mass is 899 g/mol. The van der Waals surface area contributed by atoms with Gasteiger partial charge in [-0.15, -0.1) is 0 Å². The lowest BCUT2D eigenvalue weighted by Crippen LogP contribution is -2.37. The van der Waals surface area contributed by atoms with E-state index in [9.17, 15) is 0 Å². The molecular weight excluding hydrogens is 855 g/mol. The predicted molar refractivity (Wildman–Crippen MR) is 303 cm³/mol. The molecule has 0 fully saturated rings. The fourth-order valence-electron chi connectivity index (χ4n) is 12.8. The highest BCUT2D eigenvalue weighted by Gasteiger charge is 2.29. The highest BCUT2D eigenvalue weighted by molar-refractivity contribution is 6.34. The van der Waals surface area contributed by atoms with E-state index in [4.69, 9.17) is 0 Å². The van der Waals surface area contributed by atoms with Crippen molar-refractivity contribution in [2.24, 2.45) is 0 Å². The van der Waals surface area contributed by atoms with E-state index < -0.39 is 0 Å². The van der Waals surface area contributed by atoms with Gasteiger partial charge in [0.25, 0.3) is 0 Å². The van der Waals surface area contributed by atoms with Gasteiger partial charge in [-0.05, 0) is 144 Å². The number of hydrogen-bond acceptors (Lipinski definition) is 1. The summed E-state index contributed by atoms with van der Waals surface area (Å²) in [5, 5.41) is 22.9. The zero-order valence-corrected chi connectivity index (χ0v) is 39.0. The normalized spacial score (nSPS) is 13.9. The lowest BCUT2D eigenvalue weighted by molar-refractivity contribution is 0.876. The third kappa shape index (κ3) is 6.00. The number of nitrogens with zero attached hydrogens (tertiary/aromatic N) is 1. The smallest absolute Gasteiger partial charge is 0.0546 e. The maximum atomic E-state index is 2.57. The van der Waals surface area contributed by atoms with Crippen molar-refractivity contribution in [1.29, 1.82) is 0 Å². The van der Waals surface area contributed by atoms with Crippen molar-refractivity contribution in [2.45, 2.75) is 12.3 Å². The first-order valence-electron chi connectivity index (χ1n) is 24.9. The molecule has 14 aromatic carbocycles. The maximum absolute atomic E-state index is 2.57. The van der Waals surface area contributed by atoms with Crippen LogP contribution in [-0.4, -0.2) is 0 Å². The van der Waals surface area contributed by atoms with Gasteiger partial charge in [-0.1, -0.05) is 231 Å². The van der Waals surface area contributed by atoms with E-state index in [0.717, 1.165) is 23.5 Å². The molecule has 1 atom stereocenters. The second-order valence-electron chi connectivity index (χ2n) is 19.4. The van der Waals surface area contributed by atoms with E-state index in [1.54, 1.807) is 0 Å². The van der Waals surface area contributed by atoms with Crippen molar-refractivity contribution in [2.75, 3.05) is 4.90 Å². The second-order valence-corrected chi connectivity index (χ2v) is 19.4. The zero-order chi connectivity index (χ0) is 46.6. The van der Waals surface area contributed by atoms with Crippen LogP contribution in [0.3, 0.4) is 0 Å². The largest absolute Gasteiger partial charge is 0.309 e. The minimum absolute atomic E-state index is 0.138. The first-order chi connectivity index (χ1) is 35.3. The van der Waals surface area contributed by atoms with Gasteiger partial charge in [0.05, 0.1) is 11.4 Å². The summed E-state index contributed by atoms with van der Waals surface area (Å²) in [5.74, 6) is 0.138. The van der Waals surface area contributed by atoms with Gasteiger partial charge in [0, 0.05) is 22.4 Å². The summed E-state index contributed by atoms with van der Waals surface area (Å²) >= 11 is 0.